The van der Waals surface area contributed by atoms with Gasteiger partial charge in [0.2, 0.25) is 5.91 Å². The van der Waals surface area contributed by atoms with Crippen LogP contribution in [0.2, 0.25) is 0 Å². The first-order valence-electron chi connectivity index (χ1n) is 6.52. The minimum absolute atomic E-state index is 0.0119. The lowest BCUT2D eigenvalue weighted by Crippen LogP contribution is -2.44. The van der Waals surface area contributed by atoms with Crippen molar-refractivity contribution in [3.8, 4) is 0 Å². The van der Waals surface area contributed by atoms with Crippen molar-refractivity contribution in [1.82, 2.24) is 5.32 Å². The molecule has 1 N–H and O–H groups in total. The standard InChI is InChI=1S/C13H24BrNO3/c1-8-9(2)18-10(3)12(8)13(16)15-11(5-6-14)7-17-4/h8-12H,5-7H2,1-4H3,(H,15,16). The number of nitrogens with one attached hydrogen (secondary N) is 1. The number of alkyl halides is 1. The van der Waals surface area contributed by atoms with Crippen LogP contribution in [0.25, 0.3) is 0 Å². The highest BCUT2D eigenvalue weighted by atomic mass is 79.9. The first-order valence-corrected chi connectivity index (χ1v) is 7.64. The van der Waals surface area contributed by atoms with Crippen LogP contribution in [0.1, 0.15) is 27.2 Å². The molecule has 0 saturated carbocycles. The maximum Gasteiger partial charge on any atom is 0.226 e. The Morgan fingerprint density at radius 3 is 2.50 bits per heavy atom. The summed E-state index contributed by atoms with van der Waals surface area (Å²) in [6, 6.07) is 0.0668. The van der Waals surface area contributed by atoms with E-state index in [1.54, 1.807) is 7.11 Å². The van der Waals surface area contributed by atoms with Crippen LogP contribution in [0.5, 0.6) is 0 Å². The number of carbonyl (C=O) groups excluding carboxylic acids is 1. The van der Waals surface area contributed by atoms with Crippen molar-refractivity contribution in [2.75, 3.05) is 19.0 Å². The van der Waals surface area contributed by atoms with Gasteiger partial charge >= 0.3 is 0 Å². The molecule has 5 heteroatoms. The van der Waals surface area contributed by atoms with E-state index in [1.165, 1.54) is 0 Å². The summed E-state index contributed by atoms with van der Waals surface area (Å²) in [4.78, 5) is 12.3. The first-order chi connectivity index (χ1) is 8.51. The summed E-state index contributed by atoms with van der Waals surface area (Å²) in [5.41, 5.74) is 0. The van der Waals surface area contributed by atoms with Gasteiger partial charge in [-0.05, 0) is 26.2 Å². The third-order valence-electron chi connectivity index (χ3n) is 3.72. The number of hydrogen-bond donors (Lipinski definition) is 1. The second kappa shape index (κ2) is 7.46. The smallest absolute Gasteiger partial charge is 0.226 e. The summed E-state index contributed by atoms with van der Waals surface area (Å²) in [5, 5.41) is 3.92. The van der Waals surface area contributed by atoms with Gasteiger partial charge in [-0.2, -0.15) is 0 Å². The SMILES string of the molecule is COCC(CCBr)NC(=O)C1C(C)OC(C)C1C. The lowest BCUT2D eigenvalue weighted by molar-refractivity contribution is -0.128. The molecule has 0 bridgehead atoms. The first kappa shape index (κ1) is 15.9. The van der Waals surface area contributed by atoms with Gasteiger partial charge in [-0.3, -0.25) is 4.79 Å². The van der Waals surface area contributed by atoms with Gasteiger partial charge in [0.1, 0.15) is 0 Å². The molecule has 0 spiro atoms. The third-order valence-corrected chi connectivity index (χ3v) is 4.17. The van der Waals surface area contributed by atoms with E-state index in [9.17, 15) is 4.79 Å². The van der Waals surface area contributed by atoms with Gasteiger partial charge < -0.3 is 14.8 Å². The van der Waals surface area contributed by atoms with Crippen molar-refractivity contribution in [2.45, 2.75) is 45.4 Å². The Morgan fingerprint density at radius 1 is 1.39 bits per heavy atom. The topological polar surface area (TPSA) is 47.6 Å². The fourth-order valence-electron chi connectivity index (χ4n) is 2.55. The fourth-order valence-corrected chi connectivity index (χ4v) is 3.10. The minimum Gasteiger partial charge on any atom is -0.383 e. The van der Waals surface area contributed by atoms with Crippen LogP contribution in [0, 0.1) is 11.8 Å². The van der Waals surface area contributed by atoms with Crippen LogP contribution in [-0.4, -0.2) is 43.2 Å². The molecule has 1 amide bonds. The second-order valence-electron chi connectivity index (χ2n) is 5.07. The summed E-state index contributed by atoms with van der Waals surface area (Å²) in [5.74, 6) is 0.282. The van der Waals surface area contributed by atoms with E-state index in [-0.39, 0.29) is 36.0 Å². The summed E-state index contributed by atoms with van der Waals surface area (Å²) < 4.78 is 10.8. The number of methoxy groups -OCH3 is 1. The molecule has 0 radical (unpaired) electrons. The number of ether oxygens (including phenoxy) is 2. The zero-order chi connectivity index (χ0) is 13.7. The molecule has 0 aromatic heterocycles. The van der Waals surface area contributed by atoms with Gasteiger partial charge in [0, 0.05) is 12.4 Å². The minimum atomic E-state index is -0.0605. The fraction of sp³-hybridized carbons (Fsp3) is 0.923. The predicted molar refractivity (Wildman–Crippen MR) is 74.9 cm³/mol. The van der Waals surface area contributed by atoms with Gasteiger partial charge in [-0.15, -0.1) is 0 Å². The van der Waals surface area contributed by atoms with Crippen molar-refractivity contribution in [3.05, 3.63) is 0 Å². The molecule has 1 heterocycles. The van der Waals surface area contributed by atoms with E-state index in [4.69, 9.17) is 9.47 Å². The van der Waals surface area contributed by atoms with Gasteiger partial charge in [0.25, 0.3) is 0 Å². The lowest BCUT2D eigenvalue weighted by Gasteiger charge is -2.23. The quantitative estimate of drug-likeness (QED) is 0.761. The van der Waals surface area contributed by atoms with Gasteiger partial charge in [0.15, 0.2) is 0 Å². The van der Waals surface area contributed by atoms with Crippen LogP contribution < -0.4 is 5.32 Å². The Bertz CT molecular complexity index is 269. The molecular weight excluding hydrogens is 298 g/mol. The zero-order valence-electron chi connectivity index (χ0n) is 11.6. The Kier molecular flexibility index (Phi) is 6.60. The maximum atomic E-state index is 12.3. The predicted octanol–water partition coefficient (Wildman–Crippen LogP) is 1.96. The summed E-state index contributed by atoms with van der Waals surface area (Å²) in [6.07, 6.45) is 1.00. The van der Waals surface area contributed by atoms with Gasteiger partial charge in [-0.25, -0.2) is 0 Å². The average molecular weight is 322 g/mol. The van der Waals surface area contributed by atoms with Gasteiger partial charge in [0.05, 0.1) is 30.8 Å². The van der Waals surface area contributed by atoms with E-state index in [0.29, 0.717) is 6.61 Å². The number of rotatable bonds is 6. The van der Waals surface area contributed by atoms with Gasteiger partial charge in [-0.1, -0.05) is 22.9 Å². The Balaban J connectivity index is 2.57. The molecule has 1 fully saturated rings. The monoisotopic (exact) mass is 321 g/mol. The van der Waals surface area contributed by atoms with Crippen molar-refractivity contribution in [2.24, 2.45) is 11.8 Å². The Morgan fingerprint density at radius 2 is 2.06 bits per heavy atom. The molecule has 106 valence electrons. The van der Waals surface area contributed by atoms with E-state index < -0.39 is 0 Å². The number of halogens is 1. The van der Waals surface area contributed by atoms with Crippen LogP contribution >= 0.6 is 15.9 Å². The number of carbonyl (C=O) groups is 1. The zero-order valence-corrected chi connectivity index (χ0v) is 13.2. The number of amides is 1. The lowest BCUT2D eigenvalue weighted by atomic mass is 9.88. The van der Waals surface area contributed by atoms with Crippen LogP contribution in [0.3, 0.4) is 0 Å². The molecule has 18 heavy (non-hydrogen) atoms. The molecule has 0 aromatic rings. The van der Waals surface area contributed by atoms with Crippen molar-refractivity contribution < 1.29 is 14.3 Å². The average Bonchev–Trinajstić information content (AvgIpc) is 2.53. The molecule has 4 nitrogen and oxygen atoms in total. The molecular formula is C13H24BrNO3. The maximum absolute atomic E-state index is 12.3. The molecule has 1 rings (SSSR count). The number of hydrogen-bond acceptors (Lipinski definition) is 3. The Labute approximate surface area is 118 Å². The van der Waals surface area contributed by atoms with E-state index in [2.05, 4.69) is 28.2 Å². The largest absolute Gasteiger partial charge is 0.383 e. The molecule has 1 aliphatic rings. The highest BCUT2D eigenvalue weighted by molar-refractivity contribution is 9.09. The highest BCUT2D eigenvalue weighted by Gasteiger charge is 2.41. The van der Waals surface area contributed by atoms with Crippen molar-refractivity contribution >= 4 is 21.8 Å². The third kappa shape index (κ3) is 3.93. The molecule has 0 aromatic carbocycles. The van der Waals surface area contributed by atoms with E-state index in [1.807, 2.05) is 13.8 Å². The van der Waals surface area contributed by atoms with Crippen molar-refractivity contribution in [1.29, 1.82) is 0 Å². The molecule has 1 saturated heterocycles. The highest BCUT2D eigenvalue weighted by Crippen LogP contribution is 2.32. The molecule has 5 atom stereocenters. The van der Waals surface area contributed by atoms with E-state index >= 15 is 0 Å². The van der Waals surface area contributed by atoms with Crippen LogP contribution in [0.4, 0.5) is 0 Å². The summed E-state index contributed by atoms with van der Waals surface area (Å²) >= 11 is 3.40. The normalized spacial score (nSPS) is 33.4. The Hall–Kier alpha value is -0.130. The van der Waals surface area contributed by atoms with E-state index in [0.717, 1.165) is 11.8 Å². The van der Waals surface area contributed by atoms with Crippen LogP contribution in [-0.2, 0) is 14.3 Å². The van der Waals surface area contributed by atoms with Crippen molar-refractivity contribution in [3.63, 3.8) is 0 Å². The second-order valence-corrected chi connectivity index (χ2v) is 5.86. The summed E-state index contributed by atoms with van der Waals surface area (Å²) in [7, 11) is 1.65. The molecule has 1 aliphatic heterocycles. The molecule has 5 unspecified atom stereocenters. The summed E-state index contributed by atoms with van der Waals surface area (Å²) in [6.45, 7) is 6.62. The molecule has 0 aliphatic carbocycles. The van der Waals surface area contributed by atoms with Crippen LogP contribution in [0.15, 0.2) is 0 Å².